The molecule has 1 amide bonds. The monoisotopic (exact) mass is 384 g/mol. The molecule has 0 aliphatic carbocycles. The van der Waals surface area contributed by atoms with E-state index in [-0.39, 0.29) is 17.2 Å². The lowest BCUT2D eigenvalue weighted by Gasteiger charge is -2.15. The smallest absolute Gasteiger partial charge is 0.238 e. The number of hydrogen-bond donors (Lipinski definition) is 1. The summed E-state index contributed by atoms with van der Waals surface area (Å²) in [7, 11) is 0. The predicted octanol–water partition coefficient (Wildman–Crippen LogP) is 3.86. The predicted molar refractivity (Wildman–Crippen MR) is 108 cm³/mol. The van der Waals surface area contributed by atoms with Gasteiger partial charge in [-0.05, 0) is 27.7 Å². The molecule has 3 rings (SSSR count). The van der Waals surface area contributed by atoms with Gasteiger partial charge < -0.3 is 9.88 Å². The van der Waals surface area contributed by atoms with Gasteiger partial charge in [0.2, 0.25) is 5.91 Å². The number of carbonyl (C=O) groups excluding carboxylic acids is 1. The standard InChI is InChI=1S/C19H24N6OS/c1-5-24-17(15-9-7-6-8-10-15)22-23-19(24)27-14(4)18(26)21-16-11-12-20-25(16)13(2)3/h6-14H,5H2,1-4H3,(H,21,26)/t14-/m1/s1. The molecule has 2 heterocycles. The molecule has 0 unspecified atom stereocenters. The van der Waals surface area contributed by atoms with Crippen molar-refractivity contribution in [2.24, 2.45) is 0 Å². The summed E-state index contributed by atoms with van der Waals surface area (Å²) in [6, 6.07) is 11.9. The largest absolute Gasteiger partial charge is 0.310 e. The van der Waals surface area contributed by atoms with Gasteiger partial charge in [-0.2, -0.15) is 5.10 Å². The Bertz CT molecular complexity index is 902. The lowest BCUT2D eigenvalue weighted by atomic mass is 10.2. The molecule has 0 saturated carbocycles. The summed E-state index contributed by atoms with van der Waals surface area (Å²) >= 11 is 1.40. The molecule has 142 valence electrons. The topological polar surface area (TPSA) is 77.6 Å². The van der Waals surface area contributed by atoms with Crippen LogP contribution in [-0.4, -0.2) is 35.7 Å². The molecule has 8 heteroatoms. The number of carbonyl (C=O) groups is 1. The molecule has 0 radical (unpaired) electrons. The summed E-state index contributed by atoms with van der Waals surface area (Å²) in [4.78, 5) is 12.6. The zero-order valence-electron chi connectivity index (χ0n) is 16.0. The minimum absolute atomic E-state index is 0.0886. The molecule has 27 heavy (non-hydrogen) atoms. The second-order valence-electron chi connectivity index (χ2n) is 6.42. The van der Waals surface area contributed by atoms with Gasteiger partial charge in [0.25, 0.3) is 0 Å². The number of nitrogens with zero attached hydrogens (tertiary/aromatic N) is 5. The van der Waals surface area contributed by atoms with Gasteiger partial charge in [0.15, 0.2) is 11.0 Å². The SMILES string of the molecule is CCn1c(S[C@H](C)C(=O)Nc2ccnn2C(C)C)nnc1-c1ccccc1. The summed E-state index contributed by atoms with van der Waals surface area (Å²) in [5.41, 5.74) is 1.01. The minimum Gasteiger partial charge on any atom is -0.310 e. The number of rotatable bonds is 7. The second-order valence-corrected chi connectivity index (χ2v) is 7.73. The molecule has 2 aromatic heterocycles. The molecule has 0 aliphatic rings. The van der Waals surface area contributed by atoms with E-state index in [2.05, 4.69) is 20.6 Å². The number of amides is 1. The summed E-state index contributed by atoms with van der Waals surface area (Å²) in [5.74, 6) is 1.42. The van der Waals surface area contributed by atoms with Crippen LogP contribution in [-0.2, 0) is 11.3 Å². The van der Waals surface area contributed by atoms with Crippen molar-refractivity contribution in [3.63, 3.8) is 0 Å². The van der Waals surface area contributed by atoms with Crippen molar-refractivity contribution < 1.29 is 4.79 Å². The Labute approximate surface area is 163 Å². The highest BCUT2D eigenvalue weighted by atomic mass is 32.2. The number of aromatic nitrogens is 5. The number of nitrogens with one attached hydrogen (secondary N) is 1. The van der Waals surface area contributed by atoms with Gasteiger partial charge in [-0.3, -0.25) is 4.79 Å². The maximum atomic E-state index is 12.6. The summed E-state index contributed by atoms with van der Waals surface area (Å²) < 4.78 is 3.82. The molecule has 1 aromatic carbocycles. The van der Waals surface area contributed by atoms with Gasteiger partial charge in [-0.1, -0.05) is 42.1 Å². The molecule has 7 nitrogen and oxygen atoms in total. The number of hydrogen-bond acceptors (Lipinski definition) is 5. The number of anilines is 1. The summed E-state index contributed by atoms with van der Waals surface area (Å²) in [5, 5.41) is 16.2. The van der Waals surface area contributed by atoms with Crippen LogP contribution in [0.2, 0.25) is 0 Å². The van der Waals surface area contributed by atoms with Gasteiger partial charge in [0, 0.05) is 24.2 Å². The van der Waals surface area contributed by atoms with Crippen molar-refractivity contribution in [2.75, 3.05) is 5.32 Å². The van der Waals surface area contributed by atoms with Gasteiger partial charge in [0.05, 0.1) is 11.4 Å². The third kappa shape index (κ3) is 4.21. The molecule has 0 bridgehead atoms. The molecule has 0 fully saturated rings. The molecule has 0 saturated heterocycles. The normalized spacial score (nSPS) is 12.3. The first-order valence-corrected chi connectivity index (χ1v) is 9.88. The zero-order valence-corrected chi connectivity index (χ0v) is 16.8. The Morgan fingerprint density at radius 2 is 1.89 bits per heavy atom. The van der Waals surface area contributed by atoms with Crippen LogP contribution in [0, 0.1) is 0 Å². The van der Waals surface area contributed by atoms with E-state index in [0.29, 0.717) is 5.82 Å². The van der Waals surface area contributed by atoms with E-state index in [0.717, 1.165) is 23.1 Å². The van der Waals surface area contributed by atoms with E-state index in [1.165, 1.54) is 11.8 Å². The van der Waals surface area contributed by atoms with Crippen LogP contribution in [0.5, 0.6) is 0 Å². The van der Waals surface area contributed by atoms with E-state index in [9.17, 15) is 4.79 Å². The Balaban J connectivity index is 1.74. The van der Waals surface area contributed by atoms with Gasteiger partial charge >= 0.3 is 0 Å². The fourth-order valence-corrected chi connectivity index (χ4v) is 3.64. The highest BCUT2D eigenvalue weighted by Gasteiger charge is 2.21. The maximum absolute atomic E-state index is 12.6. The Kier molecular flexibility index (Phi) is 5.95. The van der Waals surface area contributed by atoms with Crippen LogP contribution in [0.15, 0.2) is 47.8 Å². The van der Waals surface area contributed by atoms with Gasteiger partial charge in [0.1, 0.15) is 5.82 Å². The Morgan fingerprint density at radius 1 is 1.15 bits per heavy atom. The first-order chi connectivity index (χ1) is 13.0. The Hall–Kier alpha value is -2.61. The van der Waals surface area contributed by atoms with Crippen LogP contribution in [0.1, 0.15) is 33.7 Å². The fourth-order valence-electron chi connectivity index (χ4n) is 2.73. The van der Waals surface area contributed by atoms with Crippen molar-refractivity contribution in [2.45, 2.75) is 50.7 Å². The molecule has 3 aromatic rings. The Morgan fingerprint density at radius 3 is 2.56 bits per heavy atom. The summed E-state index contributed by atoms with van der Waals surface area (Å²) in [6.07, 6.45) is 1.69. The molecular weight excluding hydrogens is 360 g/mol. The number of benzene rings is 1. The van der Waals surface area contributed by atoms with Crippen molar-refractivity contribution >= 4 is 23.5 Å². The molecular formula is C19H24N6OS. The van der Waals surface area contributed by atoms with Gasteiger partial charge in [-0.25, -0.2) is 4.68 Å². The molecule has 1 N–H and O–H groups in total. The van der Waals surface area contributed by atoms with Crippen LogP contribution in [0.4, 0.5) is 5.82 Å². The average molecular weight is 385 g/mol. The van der Waals surface area contributed by atoms with E-state index < -0.39 is 0 Å². The lowest BCUT2D eigenvalue weighted by Crippen LogP contribution is -2.25. The third-order valence-corrected chi connectivity index (χ3v) is 5.21. The first-order valence-electron chi connectivity index (χ1n) is 9.01. The molecule has 1 atom stereocenters. The van der Waals surface area contributed by atoms with Crippen LogP contribution < -0.4 is 5.32 Å². The van der Waals surface area contributed by atoms with Crippen molar-refractivity contribution in [3.05, 3.63) is 42.6 Å². The molecule has 0 aliphatic heterocycles. The minimum atomic E-state index is -0.321. The highest BCUT2D eigenvalue weighted by Crippen LogP contribution is 2.27. The van der Waals surface area contributed by atoms with E-state index in [1.807, 2.05) is 62.6 Å². The quantitative estimate of drug-likeness (QED) is 0.626. The molecule has 0 spiro atoms. The van der Waals surface area contributed by atoms with Crippen molar-refractivity contribution in [3.8, 4) is 11.4 Å². The third-order valence-electron chi connectivity index (χ3n) is 4.13. The highest BCUT2D eigenvalue weighted by molar-refractivity contribution is 8.00. The van der Waals surface area contributed by atoms with Crippen molar-refractivity contribution in [1.29, 1.82) is 0 Å². The van der Waals surface area contributed by atoms with E-state index in [1.54, 1.807) is 16.9 Å². The first kappa shape index (κ1) is 19.2. The lowest BCUT2D eigenvalue weighted by molar-refractivity contribution is -0.115. The summed E-state index contributed by atoms with van der Waals surface area (Å²) in [6.45, 7) is 8.69. The van der Waals surface area contributed by atoms with E-state index in [4.69, 9.17) is 0 Å². The fraction of sp³-hybridized carbons (Fsp3) is 0.368. The van der Waals surface area contributed by atoms with Gasteiger partial charge in [-0.15, -0.1) is 10.2 Å². The zero-order chi connectivity index (χ0) is 19.4. The second kappa shape index (κ2) is 8.39. The van der Waals surface area contributed by atoms with Crippen molar-refractivity contribution in [1.82, 2.24) is 24.5 Å². The van der Waals surface area contributed by atoms with Crippen LogP contribution >= 0.6 is 11.8 Å². The number of thioether (sulfide) groups is 1. The van der Waals surface area contributed by atoms with Crippen LogP contribution in [0.3, 0.4) is 0 Å². The average Bonchev–Trinajstić information content (AvgIpc) is 3.29. The van der Waals surface area contributed by atoms with Crippen LogP contribution in [0.25, 0.3) is 11.4 Å². The van der Waals surface area contributed by atoms with E-state index >= 15 is 0 Å². The maximum Gasteiger partial charge on any atom is 0.238 e.